The van der Waals surface area contributed by atoms with Crippen LogP contribution in [0.3, 0.4) is 0 Å². The number of halogens is 1. The van der Waals surface area contributed by atoms with Gasteiger partial charge in [-0.05, 0) is 38.3 Å². The van der Waals surface area contributed by atoms with E-state index in [0.29, 0.717) is 12.0 Å². The number of morpholine rings is 1. The fourth-order valence-corrected chi connectivity index (χ4v) is 3.72. The third kappa shape index (κ3) is 8.41. The Kier molecular flexibility index (Phi) is 11.3. The van der Waals surface area contributed by atoms with Crippen molar-refractivity contribution < 1.29 is 4.74 Å². The van der Waals surface area contributed by atoms with Crippen molar-refractivity contribution in [1.29, 1.82) is 0 Å². The van der Waals surface area contributed by atoms with E-state index >= 15 is 0 Å². The van der Waals surface area contributed by atoms with Gasteiger partial charge >= 0.3 is 0 Å². The first-order chi connectivity index (χ1) is 11.6. The molecule has 2 aliphatic rings. The summed E-state index contributed by atoms with van der Waals surface area (Å²) in [6.07, 6.45) is 2.49. The fraction of sp³-hybridized carbons (Fsp3) is 0.944. The Labute approximate surface area is 171 Å². The van der Waals surface area contributed by atoms with Crippen LogP contribution in [0.4, 0.5) is 0 Å². The molecule has 2 fully saturated rings. The molecule has 0 aromatic rings. The van der Waals surface area contributed by atoms with E-state index in [9.17, 15) is 0 Å². The Hall–Kier alpha value is -0.120. The van der Waals surface area contributed by atoms with Crippen LogP contribution in [0.2, 0.25) is 0 Å². The van der Waals surface area contributed by atoms with E-state index in [1.165, 1.54) is 25.9 Å². The Balaban J connectivity index is 0.00000312. The number of likely N-dealkylation sites (tertiary alicyclic amines) is 1. The molecular weight excluding hydrogens is 429 g/mol. The van der Waals surface area contributed by atoms with E-state index in [1.807, 2.05) is 7.05 Å². The lowest BCUT2D eigenvalue weighted by Crippen LogP contribution is -2.51. The Morgan fingerprint density at radius 1 is 1.20 bits per heavy atom. The first kappa shape index (κ1) is 22.9. The first-order valence-electron chi connectivity index (χ1n) is 9.53. The molecule has 2 atom stereocenters. The molecule has 2 rings (SSSR count). The molecule has 25 heavy (non-hydrogen) atoms. The molecule has 2 aliphatic heterocycles. The first-order valence-corrected chi connectivity index (χ1v) is 9.53. The van der Waals surface area contributed by atoms with Crippen molar-refractivity contribution in [1.82, 2.24) is 20.4 Å². The molecule has 148 valence electrons. The summed E-state index contributed by atoms with van der Waals surface area (Å²) in [5.41, 5.74) is 0. The van der Waals surface area contributed by atoms with Crippen LogP contribution in [0.15, 0.2) is 4.99 Å². The largest absolute Gasteiger partial charge is 0.379 e. The minimum absolute atomic E-state index is 0. The van der Waals surface area contributed by atoms with E-state index < -0.39 is 0 Å². The van der Waals surface area contributed by atoms with Gasteiger partial charge < -0.3 is 20.3 Å². The highest BCUT2D eigenvalue weighted by Gasteiger charge is 2.23. The highest BCUT2D eigenvalue weighted by molar-refractivity contribution is 14.0. The molecule has 0 radical (unpaired) electrons. The number of nitrogens with one attached hydrogen (secondary N) is 2. The minimum atomic E-state index is 0. The van der Waals surface area contributed by atoms with E-state index in [4.69, 9.17) is 4.74 Å². The van der Waals surface area contributed by atoms with Gasteiger partial charge in [-0.3, -0.25) is 9.89 Å². The molecule has 0 amide bonds. The number of hydrogen-bond acceptors (Lipinski definition) is 4. The van der Waals surface area contributed by atoms with Crippen molar-refractivity contribution >= 4 is 29.9 Å². The predicted molar refractivity (Wildman–Crippen MR) is 116 cm³/mol. The highest BCUT2D eigenvalue weighted by atomic mass is 127. The topological polar surface area (TPSA) is 52.1 Å². The third-order valence-corrected chi connectivity index (χ3v) is 5.08. The second-order valence-electron chi connectivity index (χ2n) is 7.68. The smallest absolute Gasteiger partial charge is 0.191 e. The Bertz CT molecular complexity index is 388. The number of nitrogens with zero attached hydrogens (tertiary/aromatic N) is 3. The van der Waals surface area contributed by atoms with Crippen LogP contribution in [0.5, 0.6) is 0 Å². The Morgan fingerprint density at radius 3 is 2.48 bits per heavy atom. The quantitative estimate of drug-likeness (QED) is 0.338. The van der Waals surface area contributed by atoms with Gasteiger partial charge in [0.15, 0.2) is 5.96 Å². The summed E-state index contributed by atoms with van der Waals surface area (Å²) in [5, 5.41) is 7.06. The summed E-state index contributed by atoms with van der Waals surface area (Å²) < 4.78 is 5.50. The van der Waals surface area contributed by atoms with Crippen molar-refractivity contribution in [2.45, 2.75) is 32.7 Å². The second kappa shape index (κ2) is 12.3. The van der Waals surface area contributed by atoms with Crippen LogP contribution in [-0.2, 0) is 4.74 Å². The summed E-state index contributed by atoms with van der Waals surface area (Å²) in [6.45, 7) is 12.8. The van der Waals surface area contributed by atoms with Gasteiger partial charge in [-0.15, -0.1) is 24.0 Å². The lowest BCUT2D eigenvalue weighted by atomic mass is 10.0. The van der Waals surface area contributed by atoms with Gasteiger partial charge in [-0.1, -0.05) is 13.8 Å². The average Bonchev–Trinajstić information content (AvgIpc) is 2.99. The zero-order valence-electron chi connectivity index (χ0n) is 16.5. The van der Waals surface area contributed by atoms with E-state index in [1.54, 1.807) is 0 Å². The maximum atomic E-state index is 5.50. The molecule has 0 aliphatic carbocycles. The molecule has 2 heterocycles. The Morgan fingerprint density at radius 2 is 1.92 bits per heavy atom. The summed E-state index contributed by atoms with van der Waals surface area (Å²) in [6, 6.07) is 0.546. The van der Waals surface area contributed by atoms with Gasteiger partial charge in [0.1, 0.15) is 0 Å². The van der Waals surface area contributed by atoms with Gasteiger partial charge in [0.2, 0.25) is 0 Å². The van der Waals surface area contributed by atoms with Crippen LogP contribution in [0.25, 0.3) is 0 Å². The molecule has 0 aromatic heterocycles. The normalized spacial score (nSPS) is 24.2. The van der Waals surface area contributed by atoms with Crippen LogP contribution >= 0.6 is 24.0 Å². The van der Waals surface area contributed by atoms with Crippen LogP contribution in [0.1, 0.15) is 26.7 Å². The van der Waals surface area contributed by atoms with Gasteiger partial charge in [-0.2, -0.15) is 0 Å². The van der Waals surface area contributed by atoms with E-state index in [0.717, 1.165) is 51.3 Å². The second-order valence-corrected chi connectivity index (χ2v) is 7.68. The molecule has 0 bridgehead atoms. The van der Waals surface area contributed by atoms with Crippen LogP contribution in [0, 0.1) is 11.8 Å². The summed E-state index contributed by atoms with van der Waals surface area (Å²) in [4.78, 5) is 9.37. The number of aliphatic imine (C=N–C) groups is 1. The van der Waals surface area contributed by atoms with Gasteiger partial charge in [0.25, 0.3) is 0 Å². The zero-order valence-corrected chi connectivity index (χ0v) is 18.8. The minimum Gasteiger partial charge on any atom is -0.379 e. The van der Waals surface area contributed by atoms with Crippen molar-refractivity contribution in [3.05, 3.63) is 0 Å². The average molecular weight is 467 g/mol. The molecular formula is C18H38IN5O. The molecule has 2 saturated heterocycles. The maximum Gasteiger partial charge on any atom is 0.191 e. The van der Waals surface area contributed by atoms with Gasteiger partial charge in [0, 0.05) is 45.8 Å². The van der Waals surface area contributed by atoms with Gasteiger partial charge in [0.05, 0.1) is 13.2 Å². The van der Waals surface area contributed by atoms with Crippen molar-refractivity contribution in [3.63, 3.8) is 0 Å². The molecule has 2 unspecified atom stereocenters. The van der Waals surface area contributed by atoms with Crippen LogP contribution < -0.4 is 10.6 Å². The third-order valence-electron chi connectivity index (χ3n) is 5.08. The molecule has 2 N–H and O–H groups in total. The highest BCUT2D eigenvalue weighted by Crippen LogP contribution is 2.14. The monoisotopic (exact) mass is 467 g/mol. The molecule has 6 nitrogen and oxygen atoms in total. The van der Waals surface area contributed by atoms with Crippen molar-refractivity contribution in [3.8, 4) is 0 Å². The summed E-state index contributed by atoms with van der Waals surface area (Å²) >= 11 is 0. The number of ether oxygens (including phenoxy) is 1. The summed E-state index contributed by atoms with van der Waals surface area (Å²) in [7, 11) is 4.06. The van der Waals surface area contributed by atoms with Crippen molar-refractivity contribution in [2.75, 3.05) is 66.6 Å². The zero-order chi connectivity index (χ0) is 17.4. The maximum absolute atomic E-state index is 5.50. The lowest BCUT2D eigenvalue weighted by Gasteiger charge is -2.35. The molecule has 0 saturated carbocycles. The SMILES string of the molecule is CN=C(NCC1CCN(C)C1)NCC(CC(C)C)N1CCOCC1.I. The molecule has 7 heteroatoms. The molecule has 0 spiro atoms. The number of guanidine groups is 1. The standard InChI is InChI=1S/C18H37N5O.HI/c1-15(2)11-17(23-7-9-24-10-8-23)13-21-18(19-3)20-12-16-5-6-22(4)14-16;/h15-17H,5-14H2,1-4H3,(H2,19,20,21);1H. The number of hydrogen-bond donors (Lipinski definition) is 2. The van der Waals surface area contributed by atoms with Crippen molar-refractivity contribution in [2.24, 2.45) is 16.8 Å². The predicted octanol–water partition coefficient (Wildman–Crippen LogP) is 1.47. The summed E-state index contributed by atoms with van der Waals surface area (Å²) in [5.74, 6) is 2.37. The van der Waals surface area contributed by atoms with Gasteiger partial charge in [-0.25, -0.2) is 0 Å². The fourth-order valence-electron chi connectivity index (χ4n) is 3.72. The van der Waals surface area contributed by atoms with E-state index in [-0.39, 0.29) is 24.0 Å². The van der Waals surface area contributed by atoms with Crippen LogP contribution in [-0.4, -0.2) is 88.4 Å². The molecule has 0 aromatic carbocycles. The lowest BCUT2D eigenvalue weighted by molar-refractivity contribution is 0.0132. The van der Waals surface area contributed by atoms with E-state index in [2.05, 4.69) is 46.3 Å². The number of rotatable bonds is 7.